The maximum absolute atomic E-state index is 5.79. The average molecular weight is 285 g/mol. The summed E-state index contributed by atoms with van der Waals surface area (Å²) in [7, 11) is 1.75. The molecule has 3 heteroatoms. The fourth-order valence-corrected chi connectivity index (χ4v) is 2.97. The van der Waals surface area contributed by atoms with Gasteiger partial charge in [-0.25, -0.2) is 0 Å². The Kier molecular flexibility index (Phi) is 8.08. The number of methoxy groups -OCH3 is 1. The highest BCUT2D eigenvalue weighted by Crippen LogP contribution is 2.39. The first-order chi connectivity index (χ1) is 9.47. The molecule has 0 unspecified atom stereocenters. The van der Waals surface area contributed by atoms with E-state index in [1.54, 1.807) is 7.11 Å². The molecule has 1 rings (SSSR count). The Morgan fingerprint density at radius 1 is 1.00 bits per heavy atom. The molecule has 0 saturated heterocycles. The van der Waals surface area contributed by atoms with Gasteiger partial charge in [-0.1, -0.05) is 19.3 Å². The highest BCUT2D eigenvalue weighted by Gasteiger charge is 2.32. The first-order valence-corrected chi connectivity index (χ1v) is 8.29. The number of hydrogen-bond donors (Lipinski definition) is 1. The van der Waals surface area contributed by atoms with Crippen molar-refractivity contribution >= 4 is 0 Å². The standard InChI is InChI=1S/C17H35NO2/c1-16(2,3)18-15-17(9-6-5-7-10-17)11-14-20-13-8-12-19-4/h18H,5-15H2,1-4H3. The quantitative estimate of drug-likeness (QED) is 0.654. The van der Waals surface area contributed by atoms with Gasteiger partial charge in [-0.05, 0) is 51.9 Å². The molecule has 0 aromatic rings. The van der Waals surface area contributed by atoms with Gasteiger partial charge in [0.1, 0.15) is 0 Å². The van der Waals surface area contributed by atoms with E-state index in [-0.39, 0.29) is 5.54 Å². The van der Waals surface area contributed by atoms with E-state index in [1.807, 2.05) is 0 Å². The van der Waals surface area contributed by atoms with E-state index in [0.717, 1.165) is 32.8 Å². The Bertz CT molecular complexity index is 242. The van der Waals surface area contributed by atoms with Crippen LogP contribution in [0.15, 0.2) is 0 Å². The van der Waals surface area contributed by atoms with Crippen molar-refractivity contribution in [2.24, 2.45) is 5.41 Å². The minimum Gasteiger partial charge on any atom is -0.385 e. The molecule has 1 aliphatic rings. The first kappa shape index (κ1) is 17.9. The number of hydrogen-bond acceptors (Lipinski definition) is 3. The van der Waals surface area contributed by atoms with Crippen LogP contribution in [0.4, 0.5) is 0 Å². The summed E-state index contributed by atoms with van der Waals surface area (Å²) in [6.45, 7) is 10.4. The molecule has 0 amide bonds. The molecule has 0 bridgehead atoms. The number of ether oxygens (including phenoxy) is 2. The molecular weight excluding hydrogens is 250 g/mol. The lowest BCUT2D eigenvalue weighted by molar-refractivity contribution is 0.0585. The lowest BCUT2D eigenvalue weighted by Crippen LogP contribution is -2.45. The summed E-state index contributed by atoms with van der Waals surface area (Å²) in [5.41, 5.74) is 0.677. The lowest BCUT2D eigenvalue weighted by atomic mass is 9.71. The van der Waals surface area contributed by atoms with Crippen molar-refractivity contribution in [3.63, 3.8) is 0 Å². The molecule has 0 heterocycles. The Morgan fingerprint density at radius 2 is 1.70 bits per heavy atom. The van der Waals surface area contributed by atoms with E-state index in [2.05, 4.69) is 26.1 Å². The smallest absolute Gasteiger partial charge is 0.0487 e. The van der Waals surface area contributed by atoms with Gasteiger partial charge in [0.2, 0.25) is 0 Å². The van der Waals surface area contributed by atoms with E-state index in [9.17, 15) is 0 Å². The molecule has 120 valence electrons. The maximum atomic E-state index is 5.79. The molecule has 0 atom stereocenters. The number of rotatable bonds is 9. The van der Waals surface area contributed by atoms with Crippen LogP contribution in [-0.2, 0) is 9.47 Å². The van der Waals surface area contributed by atoms with Crippen molar-refractivity contribution in [3.8, 4) is 0 Å². The Labute approximate surface area is 125 Å². The van der Waals surface area contributed by atoms with Gasteiger partial charge in [0.05, 0.1) is 0 Å². The van der Waals surface area contributed by atoms with Crippen LogP contribution in [0, 0.1) is 5.41 Å². The van der Waals surface area contributed by atoms with Gasteiger partial charge in [0, 0.05) is 39.0 Å². The largest absolute Gasteiger partial charge is 0.385 e. The van der Waals surface area contributed by atoms with Crippen LogP contribution in [0.2, 0.25) is 0 Å². The van der Waals surface area contributed by atoms with Crippen LogP contribution < -0.4 is 5.32 Å². The third kappa shape index (κ3) is 7.61. The summed E-state index contributed by atoms with van der Waals surface area (Å²) < 4.78 is 10.8. The molecule has 1 fully saturated rings. The van der Waals surface area contributed by atoms with Crippen molar-refractivity contribution in [2.45, 2.75) is 71.3 Å². The Balaban J connectivity index is 2.31. The van der Waals surface area contributed by atoms with Crippen molar-refractivity contribution in [1.82, 2.24) is 5.32 Å². The van der Waals surface area contributed by atoms with E-state index in [4.69, 9.17) is 9.47 Å². The molecule has 1 aliphatic carbocycles. The summed E-state index contributed by atoms with van der Waals surface area (Å²) in [6.07, 6.45) is 9.10. The minimum absolute atomic E-state index is 0.212. The molecular formula is C17H35NO2. The van der Waals surface area contributed by atoms with Gasteiger partial charge in [0.25, 0.3) is 0 Å². The van der Waals surface area contributed by atoms with Gasteiger partial charge in [-0.2, -0.15) is 0 Å². The summed E-state index contributed by atoms with van der Waals surface area (Å²) in [5.74, 6) is 0. The van der Waals surface area contributed by atoms with Gasteiger partial charge in [-0.3, -0.25) is 0 Å². The van der Waals surface area contributed by atoms with Gasteiger partial charge in [0.15, 0.2) is 0 Å². The second-order valence-corrected chi connectivity index (χ2v) is 7.37. The zero-order chi connectivity index (χ0) is 14.9. The summed E-state index contributed by atoms with van der Waals surface area (Å²) in [5, 5.41) is 3.72. The van der Waals surface area contributed by atoms with Crippen LogP contribution in [0.3, 0.4) is 0 Å². The van der Waals surface area contributed by atoms with E-state index in [1.165, 1.54) is 38.5 Å². The van der Waals surface area contributed by atoms with Crippen LogP contribution >= 0.6 is 0 Å². The lowest BCUT2D eigenvalue weighted by Gasteiger charge is -2.40. The molecule has 20 heavy (non-hydrogen) atoms. The van der Waals surface area contributed by atoms with Gasteiger partial charge >= 0.3 is 0 Å². The minimum atomic E-state index is 0.212. The molecule has 0 spiro atoms. The molecule has 0 aromatic carbocycles. The van der Waals surface area contributed by atoms with Crippen molar-refractivity contribution < 1.29 is 9.47 Å². The zero-order valence-corrected chi connectivity index (χ0v) is 14.1. The molecule has 0 aliphatic heterocycles. The predicted octanol–water partition coefficient (Wildman–Crippen LogP) is 3.77. The Hall–Kier alpha value is -0.120. The molecule has 1 saturated carbocycles. The Morgan fingerprint density at radius 3 is 2.30 bits per heavy atom. The second kappa shape index (κ2) is 9.01. The fraction of sp³-hybridized carbons (Fsp3) is 1.00. The highest BCUT2D eigenvalue weighted by molar-refractivity contribution is 4.87. The van der Waals surface area contributed by atoms with Crippen LogP contribution in [-0.4, -0.2) is 39.0 Å². The molecule has 0 aromatic heterocycles. The van der Waals surface area contributed by atoms with E-state index >= 15 is 0 Å². The molecule has 3 nitrogen and oxygen atoms in total. The zero-order valence-electron chi connectivity index (χ0n) is 14.1. The van der Waals surface area contributed by atoms with Crippen LogP contribution in [0.25, 0.3) is 0 Å². The maximum Gasteiger partial charge on any atom is 0.0487 e. The monoisotopic (exact) mass is 285 g/mol. The van der Waals surface area contributed by atoms with Crippen molar-refractivity contribution in [3.05, 3.63) is 0 Å². The van der Waals surface area contributed by atoms with Gasteiger partial charge < -0.3 is 14.8 Å². The van der Waals surface area contributed by atoms with Crippen LogP contribution in [0.5, 0.6) is 0 Å². The first-order valence-electron chi connectivity index (χ1n) is 8.29. The normalized spacial score (nSPS) is 19.2. The van der Waals surface area contributed by atoms with Crippen molar-refractivity contribution in [1.29, 1.82) is 0 Å². The fourth-order valence-electron chi connectivity index (χ4n) is 2.97. The topological polar surface area (TPSA) is 30.5 Å². The van der Waals surface area contributed by atoms with Crippen molar-refractivity contribution in [2.75, 3.05) is 33.5 Å². The van der Waals surface area contributed by atoms with Crippen LogP contribution in [0.1, 0.15) is 65.7 Å². The molecule has 1 N–H and O–H groups in total. The molecule has 0 radical (unpaired) electrons. The number of nitrogens with one attached hydrogen (secondary N) is 1. The summed E-state index contributed by atoms with van der Waals surface area (Å²) >= 11 is 0. The third-order valence-electron chi connectivity index (χ3n) is 4.32. The SMILES string of the molecule is COCCCOCCC1(CNC(C)(C)C)CCCCC1. The average Bonchev–Trinajstić information content (AvgIpc) is 2.41. The highest BCUT2D eigenvalue weighted by atomic mass is 16.5. The van der Waals surface area contributed by atoms with E-state index < -0.39 is 0 Å². The third-order valence-corrected chi connectivity index (χ3v) is 4.32. The van der Waals surface area contributed by atoms with E-state index in [0.29, 0.717) is 5.41 Å². The summed E-state index contributed by atoms with van der Waals surface area (Å²) in [4.78, 5) is 0. The van der Waals surface area contributed by atoms with Gasteiger partial charge in [-0.15, -0.1) is 0 Å². The summed E-state index contributed by atoms with van der Waals surface area (Å²) in [6, 6.07) is 0. The predicted molar refractivity (Wildman–Crippen MR) is 85.2 cm³/mol. The second-order valence-electron chi connectivity index (χ2n) is 7.37.